The maximum atomic E-state index is 12.0. The summed E-state index contributed by atoms with van der Waals surface area (Å²) in [5.41, 5.74) is 2.13. The van der Waals surface area contributed by atoms with E-state index in [1.807, 2.05) is 6.07 Å². The van der Waals surface area contributed by atoms with Gasteiger partial charge in [-0.15, -0.1) is 0 Å². The Morgan fingerprint density at radius 1 is 0.818 bits per heavy atom. The van der Waals surface area contributed by atoms with Gasteiger partial charge in [-0.05, 0) is 39.9 Å². The highest BCUT2D eigenvalue weighted by molar-refractivity contribution is 6.28. The summed E-state index contributed by atoms with van der Waals surface area (Å²) in [6.45, 7) is 3.93. The predicted octanol–water partition coefficient (Wildman–Crippen LogP) is 4.61. The summed E-state index contributed by atoms with van der Waals surface area (Å²) in [6.07, 6.45) is 0. The van der Waals surface area contributed by atoms with Crippen molar-refractivity contribution in [3.63, 3.8) is 0 Å². The first-order valence-electron chi connectivity index (χ1n) is 7.70. The molecule has 1 aliphatic rings. The molecule has 106 valence electrons. The number of ketones is 1. The van der Waals surface area contributed by atoms with E-state index in [9.17, 15) is 4.79 Å². The molecule has 0 bridgehead atoms. The number of anilines is 1. The van der Waals surface area contributed by atoms with Crippen molar-refractivity contribution < 1.29 is 4.79 Å². The van der Waals surface area contributed by atoms with Crippen LogP contribution < -0.4 is 4.90 Å². The second-order valence-corrected chi connectivity index (χ2v) is 6.16. The molecule has 0 saturated carbocycles. The molecule has 0 amide bonds. The standard InChI is InChI=1S/C20H15NO/c1-12(22)15-6-2-13-4-8-17-18(21-10-11-21)9-5-14-3-7-16(15)19(13)20(14)17/h2-9H,10-11H2,1H3. The van der Waals surface area contributed by atoms with E-state index >= 15 is 0 Å². The zero-order valence-electron chi connectivity index (χ0n) is 12.4. The molecule has 2 heteroatoms. The Kier molecular flexibility index (Phi) is 2.17. The minimum atomic E-state index is 0.129. The van der Waals surface area contributed by atoms with Crippen LogP contribution in [0.1, 0.15) is 17.3 Å². The SMILES string of the molecule is CC(=O)c1ccc2ccc3c(N4CC4)ccc4ccc1c2c43. The summed E-state index contributed by atoms with van der Waals surface area (Å²) >= 11 is 0. The maximum absolute atomic E-state index is 12.0. The molecule has 22 heavy (non-hydrogen) atoms. The zero-order chi connectivity index (χ0) is 14.8. The molecule has 4 aromatic rings. The van der Waals surface area contributed by atoms with Crippen molar-refractivity contribution in [1.29, 1.82) is 0 Å². The van der Waals surface area contributed by atoms with Crippen molar-refractivity contribution in [2.24, 2.45) is 0 Å². The monoisotopic (exact) mass is 285 g/mol. The number of carbonyl (C=O) groups is 1. The van der Waals surface area contributed by atoms with Gasteiger partial charge in [0.15, 0.2) is 5.78 Å². The fourth-order valence-electron chi connectivity index (χ4n) is 3.66. The summed E-state index contributed by atoms with van der Waals surface area (Å²) in [5.74, 6) is 0.129. The van der Waals surface area contributed by atoms with Gasteiger partial charge in [-0.2, -0.15) is 0 Å². The van der Waals surface area contributed by atoms with E-state index in [1.54, 1.807) is 6.92 Å². The highest BCUT2D eigenvalue weighted by Crippen LogP contribution is 2.41. The number of rotatable bonds is 2. The molecule has 0 unspecified atom stereocenters. The molecule has 1 heterocycles. The number of nitrogens with zero attached hydrogens (tertiary/aromatic N) is 1. The van der Waals surface area contributed by atoms with Crippen molar-refractivity contribution in [2.75, 3.05) is 18.0 Å². The Labute approximate surface area is 128 Å². The third-order valence-corrected chi connectivity index (χ3v) is 4.81. The zero-order valence-corrected chi connectivity index (χ0v) is 12.4. The Morgan fingerprint density at radius 2 is 1.41 bits per heavy atom. The molecule has 4 aromatic carbocycles. The molecule has 2 nitrogen and oxygen atoms in total. The van der Waals surface area contributed by atoms with Crippen LogP contribution in [-0.2, 0) is 0 Å². The highest BCUT2D eigenvalue weighted by atomic mass is 16.1. The second-order valence-electron chi connectivity index (χ2n) is 6.16. The van der Waals surface area contributed by atoms with Gasteiger partial charge in [0.1, 0.15) is 0 Å². The molecule has 0 aliphatic carbocycles. The van der Waals surface area contributed by atoms with E-state index < -0.39 is 0 Å². The van der Waals surface area contributed by atoms with Crippen LogP contribution in [-0.4, -0.2) is 18.9 Å². The van der Waals surface area contributed by atoms with E-state index in [4.69, 9.17) is 0 Å². The smallest absolute Gasteiger partial charge is 0.160 e. The number of hydrogen-bond donors (Lipinski definition) is 0. The van der Waals surface area contributed by atoms with E-state index in [0.29, 0.717) is 0 Å². The van der Waals surface area contributed by atoms with Crippen molar-refractivity contribution >= 4 is 43.8 Å². The van der Waals surface area contributed by atoms with Crippen LogP contribution >= 0.6 is 0 Å². The summed E-state index contributed by atoms with van der Waals surface area (Å²) in [4.78, 5) is 14.4. The van der Waals surface area contributed by atoms with Crippen LogP contribution in [0.4, 0.5) is 5.69 Å². The van der Waals surface area contributed by atoms with E-state index in [2.05, 4.69) is 47.4 Å². The normalized spacial score (nSPS) is 14.3. The Morgan fingerprint density at radius 3 is 2.09 bits per heavy atom. The number of hydrogen-bond acceptors (Lipinski definition) is 2. The van der Waals surface area contributed by atoms with Gasteiger partial charge in [0.2, 0.25) is 0 Å². The molecule has 0 N–H and O–H groups in total. The van der Waals surface area contributed by atoms with Crippen LogP contribution in [0.2, 0.25) is 0 Å². The van der Waals surface area contributed by atoms with Gasteiger partial charge in [-0.1, -0.05) is 42.5 Å². The van der Waals surface area contributed by atoms with Crippen molar-refractivity contribution in [2.45, 2.75) is 6.92 Å². The Hall–Kier alpha value is -2.61. The number of Topliss-reactive ketones (excluding diaryl/α,β-unsaturated/α-hetero) is 1. The molecule has 1 saturated heterocycles. The minimum Gasteiger partial charge on any atom is -0.367 e. The lowest BCUT2D eigenvalue weighted by atomic mass is 9.90. The molecule has 1 aliphatic heterocycles. The lowest BCUT2D eigenvalue weighted by Gasteiger charge is -2.15. The van der Waals surface area contributed by atoms with Crippen LogP contribution in [0.15, 0.2) is 48.5 Å². The largest absolute Gasteiger partial charge is 0.367 e. The van der Waals surface area contributed by atoms with Crippen LogP contribution in [0.5, 0.6) is 0 Å². The molecule has 0 atom stereocenters. The minimum absolute atomic E-state index is 0.129. The maximum Gasteiger partial charge on any atom is 0.160 e. The van der Waals surface area contributed by atoms with Gasteiger partial charge >= 0.3 is 0 Å². The van der Waals surface area contributed by atoms with Gasteiger partial charge in [-0.25, -0.2) is 0 Å². The molecule has 1 fully saturated rings. The Balaban J connectivity index is 2.04. The van der Waals surface area contributed by atoms with E-state index in [1.165, 1.54) is 32.6 Å². The predicted molar refractivity (Wildman–Crippen MR) is 92.4 cm³/mol. The Bertz CT molecular complexity index is 1060. The third kappa shape index (κ3) is 1.47. The van der Waals surface area contributed by atoms with Crippen molar-refractivity contribution in [3.8, 4) is 0 Å². The van der Waals surface area contributed by atoms with Gasteiger partial charge in [0, 0.05) is 29.7 Å². The average Bonchev–Trinajstić information content (AvgIpc) is 3.36. The quantitative estimate of drug-likeness (QED) is 0.304. The van der Waals surface area contributed by atoms with Gasteiger partial charge in [-0.3, -0.25) is 4.79 Å². The molecule has 0 radical (unpaired) electrons. The summed E-state index contributed by atoms with van der Waals surface area (Å²) < 4.78 is 0. The third-order valence-electron chi connectivity index (χ3n) is 4.81. The summed E-state index contributed by atoms with van der Waals surface area (Å²) in [7, 11) is 0. The highest BCUT2D eigenvalue weighted by Gasteiger charge is 2.22. The number of carbonyl (C=O) groups excluding carboxylic acids is 1. The van der Waals surface area contributed by atoms with Gasteiger partial charge in [0.05, 0.1) is 0 Å². The summed E-state index contributed by atoms with van der Waals surface area (Å²) in [5, 5.41) is 7.36. The van der Waals surface area contributed by atoms with Crippen molar-refractivity contribution in [3.05, 3.63) is 54.1 Å². The lowest BCUT2D eigenvalue weighted by molar-refractivity contribution is 0.101. The summed E-state index contributed by atoms with van der Waals surface area (Å²) in [6, 6.07) is 17.1. The first-order valence-corrected chi connectivity index (χ1v) is 7.70. The molecule has 0 aromatic heterocycles. The van der Waals surface area contributed by atoms with Crippen LogP contribution in [0.25, 0.3) is 32.3 Å². The molecule has 5 rings (SSSR count). The van der Waals surface area contributed by atoms with Crippen molar-refractivity contribution in [1.82, 2.24) is 0 Å². The second kappa shape index (κ2) is 3.98. The number of benzene rings is 4. The first kappa shape index (κ1) is 12.0. The molecule has 0 spiro atoms. The fourth-order valence-corrected chi connectivity index (χ4v) is 3.66. The fraction of sp³-hybridized carbons (Fsp3) is 0.150. The van der Waals surface area contributed by atoms with E-state index in [0.717, 1.165) is 24.0 Å². The van der Waals surface area contributed by atoms with Gasteiger partial charge in [0.25, 0.3) is 0 Å². The first-order chi connectivity index (χ1) is 10.7. The van der Waals surface area contributed by atoms with Crippen LogP contribution in [0.3, 0.4) is 0 Å². The van der Waals surface area contributed by atoms with Crippen LogP contribution in [0, 0.1) is 0 Å². The molecular weight excluding hydrogens is 270 g/mol. The van der Waals surface area contributed by atoms with Gasteiger partial charge < -0.3 is 4.90 Å². The van der Waals surface area contributed by atoms with E-state index in [-0.39, 0.29) is 5.78 Å². The average molecular weight is 285 g/mol. The lowest BCUT2D eigenvalue weighted by Crippen LogP contribution is -1.97. The topological polar surface area (TPSA) is 20.1 Å². The molecular formula is C20H15NO.